The fraction of sp³-hybridized carbons (Fsp3) is 0.611. The molecule has 1 aromatic carbocycles. The number of nitrogens with one attached hydrogen (secondary N) is 2. The maximum atomic E-state index is 5.50. The lowest BCUT2D eigenvalue weighted by Gasteiger charge is -2.36. The van der Waals surface area contributed by atoms with Gasteiger partial charge in [-0.1, -0.05) is 31.2 Å². The average molecular weight is 336 g/mol. The van der Waals surface area contributed by atoms with Crippen molar-refractivity contribution in [3.8, 4) is 0 Å². The Balaban J connectivity index is 1.88. The maximum Gasteiger partial charge on any atom is 0.191 e. The molecule has 2 N–H and O–H groups in total. The maximum absolute atomic E-state index is 5.50. The van der Waals surface area contributed by atoms with E-state index in [1.54, 1.807) is 0 Å². The first kappa shape index (κ1) is 18.1. The number of hydrogen-bond donors (Lipinski definition) is 2. The summed E-state index contributed by atoms with van der Waals surface area (Å²) in [5.74, 6) is 0.871. The van der Waals surface area contributed by atoms with Crippen molar-refractivity contribution in [2.75, 3.05) is 33.1 Å². The summed E-state index contributed by atoms with van der Waals surface area (Å²) >= 11 is 1.94. The first-order valence-electron chi connectivity index (χ1n) is 8.37. The van der Waals surface area contributed by atoms with E-state index in [9.17, 15) is 0 Å². The molecule has 4 nitrogen and oxygen atoms in total. The van der Waals surface area contributed by atoms with Crippen LogP contribution in [0.4, 0.5) is 0 Å². The smallest absolute Gasteiger partial charge is 0.191 e. The van der Waals surface area contributed by atoms with Crippen molar-refractivity contribution in [3.05, 3.63) is 35.4 Å². The van der Waals surface area contributed by atoms with Gasteiger partial charge in [-0.25, -0.2) is 0 Å². The van der Waals surface area contributed by atoms with E-state index >= 15 is 0 Å². The Hall–Kier alpha value is -1.20. The molecule has 0 aliphatic carbocycles. The van der Waals surface area contributed by atoms with Gasteiger partial charge in [0.25, 0.3) is 0 Å². The van der Waals surface area contributed by atoms with Gasteiger partial charge in [0.05, 0.1) is 0 Å². The zero-order valence-corrected chi connectivity index (χ0v) is 15.3. The summed E-state index contributed by atoms with van der Waals surface area (Å²) < 4.78 is 5.76. The number of guanidine groups is 1. The van der Waals surface area contributed by atoms with Crippen molar-refractivity contribution in [2.45, 2.75) is 37.5 Å². The van der Waals surface area contributed by atoms with Gasteiger partial charge in [-0.15, -0.1) is 0 Å². The van der Waals surface area contributed by atoms with Crippen LogP contribution in [0.3, 0.4) is 0 Å². The van der Waals surface area contributed by atoms with Crippen LogP contribution in [0, 0.1) is 0 Å². The van der Waals surface area contributed by atoms with Gasteiger partial charge in [0.2, 0.25) is 0 Å². The third-order valence-corrected chi connectivity index (χ3v) is 6.00. The van der Waals surface area contributed by atoms with Crippen LogP contribution in [0.25, 0.3) is 0 Å². The van der Waals surface area contributed by atoms with Crippen LogP contribution in [0.5, 0.6) is 0 Å². The molecular weight excluding hydrogens is 306 g/mol. The second-order valence-electron chi connectivity index (χ2n) is 5.90. The minimum atomic E-state index is 0.261. The normalized spacial score (nSPS) is 17.8. The van der Waals surface area contributed by atoms with Crippen molar-refractivity contribution in [1.82, 2.24) is 10.6 Å². The summed E-state index contributed by atoms with van der Waals surface area (Å²) in [6, 6.07) is 8.57. The second kappa shape index (κ2) is 9.18. The van der Waals surface area contributed by atoms with Crippen LogP contribution in [0.2, 0.25) is 0 Å². The van der Waals surface area contributed by atoms with Gasteiger partial charge < -0.3 is 15.4 Å². The molecule has 0 unspecified atom stereocenters. The van der Waals surface area contributed by atoms with E-state index in [2.05, 4.69) is 53.1 Å². The Bertz CT molecular complexity index is 513. The standard InChI is InChI=1S/C18H29N3OS/c1-4-15-7-5-6-8-16(15)13-20-17(19-2)21-14-18(23-3)9-11-22-12-10-18/h5-8H,4,9-14H2,1-3H3,(H2,19,20,21). The Kier molecular flexibility index (Phi) is 7.24. The number of benzene rings is 1. The lowest BCUT2D eigenvalue weighted by molar-refractivity contribution is 0.0783. The molecule has 0 bridgehead atoms. The van der Waals surface area contributed by atoms with E-state index in [1.807, 2.05) is 18.8 Å². The van der Waals surface area contributed by atoms with E-state index < -0.39 is 0 Å². The summed E-state index contributed by atoms with van der Waals surface area (Å²) in [7, 11) is 1.83. The fourth-order valence-electron chi connectivity index (χ4n) is 2.92. The van der Waals surface area contributed by atoms with Crippen LogP contribution in [0.15, 0.2) is 29.3 Å². The van der Waals surface area contributed by atoms with Gasteiger partial charge >= 0.3 is 0 Å². The van der Waals surface area contributed by atoms with Crippen LogP contribution in [-0.4, -0.2) is 43.8 Å². The average Bonchev–Trinajstić information content (AvgIpc) is 2.63. The van der Waals surface area contributed by atoms with Crippen LogP contribution in [0.1, 0.15) is 30.9 Å². The molecule has 23 heavy (non-hydrogen) atoms. The predicted molar refractivity (Wildman–Crippen MR) is 100 cm³/mol. The molecule has 0 spiro atoms. The largest absolute Gasteiger partial charge is 0.381 e. The van der Waals surface area contributed by atoms with E-state index in [0.717, 1.165) is 51.5 Å². The molecular formula is C18H29N3OS. The minimum Gasteiger partial charge on any atom is -0.381 e. The number of thioether (sulfide) groups is 1. The summed E-state index contributed by atoms with van der Waals surface area (Å²) in [5.41, 5.74) is 2.73. The van der Waals surface area contributed by atoms with E-state index in [-0.39, 0.29) is 4.75 Å². The summed E-state index contributed by atoms with van der Waals surface area (Å²) in [4.78, 5) is 4.36. The lowest BCUT2D eigenvalue weighted by Crippen LogP contribution is -2.47. The van der Waals surface area contributed by atoms with Crippen molar-refractivity contribution in [3.63, 3.8) is 0 Å². The molecule has 0 aromatic heterocycles. The molecule has 1 aliphatic heterocycles. The van der Waals surface area contributed by atoms with Crippen molar-refractivity contribution >= 4 is 17.7 Å². The van der Waals surface area contributed by atoms with Crippen molar-refractivity contribution in [2.24, 2.45) is 4.99 Å². The SMILES string of the molecule is CCc1ccccc1CNC(=NC)NCC1(SC)CCOCC1. The fourth-order valence-corrected chi connectivity index (χ4v) is 3.71. The molecule has 5 heteroatoms. The van der Waals surface area contributed by atoms with E-state index in [4.69, 9.17) is 4.74 Å². The van der Waals surface area contributed by atoms with Crippen LogP contribution in [-0.2, 0) is 17.7 Å². The van der Waals surface area contributed by atoms with Crippen molar-refractivity contribution < 1.29 is 4.74 Å². The second-order valence-corrected chi connectivity index (χ2v) is 7.18. The highest BCUT2D eigenvalue weighted by Crippen LogP contribution is 2.32. The number of ether oxygens (including phenoxy) is 1. The van der Waals surface area contributed by atoms with Crippen LogP contribution >= 0.6 is 11.8 Å². The highest BCUT2D eigenvalue weighted by molar-refractivity contribution is 8.00. The molecule has 1 aliphatic rings. The van der Waals surface area contributed by atoms with Gasteiger partial charge in [0.1, 0.15) is 0 Å². The number of aliphatic imine (C=N–C) groups is 1. The van der Waals surface area contributed by atoms with E-state index in [1.165, 1.54) is 11.1 Å². The predicted octanol–water partition coefficient (Wildman–Crippen LogP) is 2.83. The Morgan fingerprint density at radius 2 is 1.91 bits per heavy atom. The number of hydrogen-bond acceptors (Lipinski definition) is 3. The van der Waals surface area contributed by atoms with E-state index in [0.29, 0.717) is 0 Å². The number of aryl methyl sites for hydroxylation is 1. The molecule has 2 rings (SSSR count). The van der Waals surface area contributed by atoms with Gasteiger partial charge in [-0.3, -0.25) is 4.99 Å². The highest BCUT2D eigenvalue weighted by Gasteiger charge is 2.31. The van der Waals surface area contributed by atoms with Gasteiger partial charge in [0, 0.05) is 38.1 Å². The Morgan fingerprint density at radius 1 is 1.22 bits per heavy atom. The van der Waals surface area contributed by atoms with Crippen molar-refractivity contribution in [1.29, 1.82) is 0 Å². The van der Waals surface area contributed by atoms with Gasteiger partial charge in [-0.05, 0) is 36.6 Å². The highest BCUT2D eigenvalue weighted by atomic mass is 32.2. The molecule has 0 amide bonds. The summed E-state index contributed by atoms with van der Waals surface area (Å²) in [6.07, 6.45) is 5.44. The van der Waals surface area contributed by atoms with Crippen LogP contribution < -0.4 is 10.6 Å². The molecule has 1 heterocycles. The Labute approximate surface area is 144 Å². The third-order valence-electron chi connectivity index (χ3n) is 4.58. The van der Waals surface area contributed by atoms with Gasteiger partial charge in [0.15, 0.2) is 5.96 Å². The topological polar surface area (TPSA) is 45.7 Å². The molecule has 0 saturated carbocycles. The number of rotatable bonds is 6. The zero-order valence-electron chi connectivity index (χ0n) is 14.5. The molecule has 0 radical (unpaired) electrons. The summed E-state index contributed by atoms with van der Waals surface area (Å²) in [6.45, 7) is 5.64. The molecule has 128 valence electrons. The first-order valence-corrected chi connectivity index (χ1v) is 9.59. The summed E-state index contributed by atoms with van der Waals surface area (Å²) in [5, 5.41) is 6.94. The molecule has 1 aromatic rings. The monoisotopic (exact) mass is 335 g/mol. The molecule has 1 fully saturated rings. The van der Waals surface area contributed by atoms with Gasteiger partial charge in [-0.2, -0.15) is 11.8 Å². The quantitative estimate of drug-likeness (QED) is 0.620. The third kappa shape index (κ3) is 5.15. The number of nitrogens with zero attached hydrogens (tertiary/aromatic N) is 1. The molecule has 1 saturated heterocycles. The molecule has 0 atom stereocenters. The zero-order chi connectivity index (χ0) is 16.5. The lowest BCUT2D eigenvalue weighted by atomic mass is 9.99. The first-order chi connectivity index (χ1) is 11.2. The minimum absolute atomic E-state index is 0.261. The Morgan fingerprint density at radius 3 is 2.52 bits per heavy atom.